The van der Waals surface area contributed by atoms with E-state index < -0.39 is 0 Å². The van der Waals surface area contributed by atoms with E-state index in [0.717, 1.165) is 22.4 Å². The van der Waals surface area contributed by atoms with E-state index in [2.05, 4.69) is 54.5 Å². The average molecular weight is 279 g/mol. The molecule has 0 saturated carbocycles. The van der Waals surface area contributed by atoms with E-state index in [4.69, 9.17) is 0 Å². The van der Waals surface area contributed by atoms with Crippen molar-refractivity contribution in [1.29, 1.82) is 0 Å². The van der Waals surface area contributed by atoms with Gasteiger partial charge >= 0.3 is 0 Å². The molecule has 1 N–H and O–H groups in total. The lowest BCUT2D eigenvalue weighted by atomic mass is 10.1. The van der Waals surface area contributed by atoms with Gasteiger partial charge in [0.2, 0.25) is 5.13 Å². The molecule has 1 heterocycles. The number of hydrogen-bond donors (Lipinski definition) is 1. The Hall–Kier alpha value is -1.07. The molecule has 0 aliphatic heterocycles. The normalized spacial score (nSPS) is 10.6. The molecule has 0 bridgehead atoms. The predicted octanol–water partition coefficient (Wildman–Crippen LogP) is 3.88. The van der Waals surface area contributed by atoms with Crippen molar-refractivity contribution >= 4 is 28.2 Å². The van der Waals surface area contributed by atoms with Crippen molar-refractivity contribution < 1.29 is 0 Å². The zero-order valence-electron chi connectivity index (χ0n) is 10.9. The van der Waals surface area contributed by atoms with Gasteiger partial charge in [-0.25, -0.2) is 0 Å². The van der Waals surface area contributed by atoms with E-state index in [9.17, 15) is 0 Å². The van der Waals surface area contributed by atoms with Gasteiger partial charge in [-0.3, -0.25) is 0 Å². The average Bonchev–Trinajstić information content (AvgIpc) is 2.79. The van der Waals surface area contributed by atoms with Gasteiger partial charge in [-0.1, -0.05) is 17.4 Å². The topological polar surface area (TPSA) is 37.8 Å². The Morgan fingerprint density at radius 2 is 2.06 bits per heavy atom. The van der Waals surface area contributed by atoms with Crippen molar-refractivity contribution in [1.82, 2.24) is 10.2 Å². The van der Waals surface area contributed by atoms with Gasteiger partial charge in [0, 0.05) is 11.4 Å². The van der Waals surface area contributed by atoms with E-state index in [1.165, 1.54) is 16.0 Å². The Morgan fingerprint density at radius 1 is 1.22 bits per heavy atom. The summed E-state index contributed by atoms with van der Waals surface area (Å²) in [6.07, 6.45) is 0. The molecule has 0 unspecified atom stereocenters. The number of nitrogens with zero attached hydrogens (tertiary/aromatic N) is 2. The number of aryl methyl sites for hydroxylation is 2. The van der Waals surface area contributed by atoms with Crippen LogP contribution in [0.15, 0.2) is 23.1 Å². The molecule has 0 spiro atoms. The summed E-state index contributed by atoms with van der Waals surface area (Å²) in [6.45, 7) is 7.23. The van der Waals surface area contributed by atoms with Gasteiger partial charge in [-0.2, -0.15) is 0 Å². The first kappa shape index (κ1) is 13.4. The van der Waals surface area contributed by atoms with E-state index in [0.29, 0.717) is 0 Å². The molecule has 0 amide bonds. The molecule has 0 aliphatic carbocycles. The van der Waals surface area contributed by atoms with E-state index in [-0.39, 0.29) is 0 Å². The third kappa shape index (κ3) is 3.46. The minimum absolute atomic E-state index is 0.881. The summed E-state index contributed by atoms with van der Waals surface area (Å²) in [6, 6.07) is 6.56. The number of aromatic nitrogens is 2. The Bertz CT molecular complexity index is 523. The quantitative estimate of drug-likeness (QED) is 0.843. The third-order valence-electron chi connectivity index (χ3n) is 2.64. The van der Waals surface area contributed by atoms with Gasteiger partial charge in [0.05, 0.1) is 5.75 Å². The maximum Gasteiger partial charge on any atom is 0.205 e. The van der Waals surface area contributed by atoms with Crippen LogP contribution in [0.3, 0.4) is 0 Å². The molecule has 1 aromatic heterocycles. The summed E-state index contributed by atoms with van der Waals surface area (Å²) >= 11 is 3.44. The molecular weight excluding hydrogens is 262 g/mol. The molecule has 3 nitrogen and oxygen atoms in total. The summed E-state index contributed by atoms with van der Waals surface area (Å²) < 4.78 is 0. The van der Waals surface area contributed by atoms with Gasteiger partial charge in [0.25, 0.3) is 0 Å². The van der Waals surface area contributed by atoms with Gasteiger partial charge < -0.3 is 5.32 Å². The second-order valence-corrected chi connectivity index (χ2v) is 6.18. The zero-order chi connectivity index (χ0) is 13.0. The fourth-order valence-corrected chi connectivity index (χ4v) is 3.27. The van der Waals surface area contributed by atoms with Crippen molar-refractivity contribution in [3.63, 3.8) is 0 Å². The van der Waals surface area contributed by atoms with Crippen LogP contribution in [-0.2, 0) is 5.75 Å². The van der Waals surface area contributed by atoms with Crippen LogP contribution in [0.5, 0.6) is 0 Å². The molecular formula is C13H17N3S2. The number of benzene rings is 1. The smallest absolute Gasteiger partial charge is 0.205 e. The van der Waals surface area contributed by atoms with Crippen molar-refractivity contribution in [3.8, 4) is 0 Å². The second kappa shape index (κ2) is 6.20. The molecule has 0 fully saturated rings. The summed E-state index contributed by atoms with van der Waals surface area (Å²) in [5.41, 5.74) is 2.68. The number of hydrogen-bond acceptors (Lipinski definition) is 5. The van der Waals surface area contributed by atoms with Crippen LogP contribution < -0.4 is 5.32 Å². The molecule has 0 atom stereocenters. The Kier molecular flexibility index (Phi) is 4.60. The van der Waals surface area contributed by atoms with Crippen LogP contribution in [0.2, 0.25) is 0 Å². The van der Waals surface area contributed by atoms with E-state index in [1.807, 2.05) is 11.8 Å². The largest absolute Gasteiger partial charge is 0.360 e. The van der Waals surface area contributed by atoms with Crippen LogP contribution in [-0.4, -0.2) is 16.7 Å². The standard InChI is InChI=1S/C13H17N3S2/c1-4-14-13-16-15-12(18-13)8-17-11-6-5-9(2)10(3)7-11/h5-7H,4,8H2,1-3H3,(H,14,16). The monoisotopic (exact) mass is 279 g/mol. The van der Waals surface area contributed by atoms with Gasteiger partial charge in [0.15, 0.2) is 0 Å². The van der Waals surface area contributed by atoms with E-state index in [1.54, 1.807) is 11.3 Å². The fourth-order valence-electron chi connectivity index (χ4n) is 1.48. The SMILES string of the molecule is CCNc1nnc(CSc2ccc(C)c(C)c2)s1. The minimum Gasteiger partial charge on any atom is -0.360 e. The summed E-state index contributed by atoms with van der Waals surface area (Å²) in [4.78, 5) is 1.29. The van der Waals surface area contributed by atoms with Crippen LogP contribution in [0.4, 0.5) is 5.13 Å². The first-order valence-corrected chi connectivity index (χ1v) is 7.75. The molecule has 0 aliphatic rings. The van der Waals surface area contributed by atoms with Crippen molar-refractivity contribution in [2.45, 2.75) is 31.4 Å². The molecule has 5 heteroatoms. The highest BCUT2D eigenvalue weighted by atomic mass is 32.2. The summed E-state index contributed by atoms with van der Waals surface area (Å²) in [7, 11) is 0. The highest BCUT2D eigenvalue weighted by molar-refractivity contribution is 7.98. The predicted molar refractivity (Wildman–Crippen MR) is 79.5 cm³/mol. The maximum absolute atomic E-state index is 4.18. The molecule has 18 heavy (non-hydrogen) atoms. The maximum atomic E-state index is 4.18. The van der Waals surface area contributed by atoms with Crippen LogP contribution in [0, 0.1) is 13.8 Å². The molecule has 2 aromatic rings. The minimum atomic E-state index is 0.881. The number of nitrogens with one attached hydrogen (secondary N) is 1. The Morgan fingerprint density at radius 3 is 2.78 bits per heavy atom. The number of thioether (sulfide) groups is 1. The molecule has 0 radical (unpaired) electrons. The van der Waals surface area contributed by atoms with Crippen LogP contribution in [0.1, 0.15) is 23.1 Å². The van der Waals surface area contributed by atoms with Crippen molar-refractivity contribution in [2.75, 3.05) is 11.9 Å². The van der Waals surface area contributed by atoms with Gasteiger partial charge in [-0.15, -0.1) is 22.0 Å². The molecule has 0 saturated heterocycles. The van der Waals surface area contributed by atoms with Crippen molar-refractivity contribution in [3.05, 3.63) is 34.3 Å². The first-order valence-electron chi connectivity index (χ1n) is 5.95. The van der Waals surface area contributed by atoms with E-state index >= 15 is 0 Å². The van der Waals surface area contributed by atoms with Crippen LogP contribution >= 0.6 is 23.1 Å². The number of anilines is 1. The lowest BCUT2D eigenvalue weighted by Crippen LogP contribution is -1.94. The molecule has 2 rings (SSSR count). The highest BCUT2D eigenvalue weighted by Gasteiger charge is 2.04. The highest BCUT2D eigenvalue weighted by Crippen LogP contribution is 2.27. The fraction of sp³-hybridized carbons (Fsp3) is 0.385. The number of rotatable bonds is 5. The van der Waals surface area contributed by atoms with Gasteiger partial charge in [-0.05, 0) is 44.0 Å². The van der Waals surface area contributed by atoms with Crippen LogP contribution in [0.25, 0.3) is 0 Å². The molecule has 1 aromatic carbocycles. The first-order chi connectivity index (χ1) is 8.69. The Labute approximate surface area is 116 Å². The third-order valence-corrected chi connectivity index (χ3v) is 4.70. The second-order valence-electron chi connectivity index (χ2n) is 4.07. The van der Waals surface area contributed by atoms with Gasteiger partial charge in [0.1, 0.15) is 5.01 Å². The zero-order valence-corrected chi connectivity index (χ0v) is 12.5. The van der Waals surface area contributed by atoms with Crippen molar-refractivity contribution in [2.24, 2.45) is 0 Å². The Balaban J connectivity index is 1.95. The summed E-state index contributed by atoms with van der Waals surface area (Å²) in [5, 5.41) is 13.4. The lowest BCUT2D eigenvalue weighted by Gasteiger charge is -2.03. The molecule has 96 valence electrons. The summed E-state index contributed by atoms with van der Waals surface area (Å²) in [5.74, 6) is 0.881. The lowest BCUT2D eigenvalue weighted by molar-refractivity contribution is 1.03.